The molecule has 5 rings (SSSR count). The number of nitrogens with one attached hydrogen (secondary N) is 1. The number of methoxy groups -OCH3 is 1. The standard InChI is InChI=1S/C23H29NO4.C17H19NO2.C13H20N2O7.C6H13NO4.C4H8O2/c1-23(2,3)28-21(25)18-27-17-16-26-15-14-24-22(19-10-6-4-7-11-19)20-12-8-5-9-13-20;19-12-14-20-13-11-18-17(15-7-3-1-4-8-15)16-9-5-2-6-10-16;1-2-10(16)14-5-6-20-7-8-21-9-13(19)22-15-11(17)3-4-12(15)18;7-1-2-10-3-4-11-5-6(8)9;1-3-4(5)6-2/h4-13H,14-18H2,1-3H3;1-10,19H,11-14H2;2-9H2,1H3,(H,14,16);1-5,7H2,(H,8,9);3H2,1-2H3. The van der Waals surface area contributed by atoms with Crippen LogP contribution in [-0.4, -0.2) is 206 Å². The van der Waals surface area contributed by atoms with Gasteiger partial charge in [0.15, 0.2) is 0 Å². The molecule has 480 valence electrons. The number of esters is 2. The van der Waals surface area contributed by atoms with Gasteiger partial charge in [0.1, 0.15) is 25.4 Å². The van der Waals surface area contributed by atoms with Crippen LogP contribution in [0.5, 0.6) is 0 Å². The number of nitrogens with zero attached hydrogens (tertiary/aromatic N) is 3. The minimum absolute atomic E-state index is 0.0476. The summed E-state index contributed by atoms with van der Waals surface area (Å²) in [6, 6.07) is 40.5. The Kier molecular flexibility index (Phi) is 44.9. The molecule has 0 radical (unpaired) electrons. The fraction of sp³-hybridized carbons (Fsp3) is 0.476. The number of carbonyl (C=O) groups is 7. The van der Waals surface area contributed by atoms with Gasteiger partial charge in [0.25, 0.3) is 11.8 Å². The van der Waals surface area contributed by atoms with E-state index in [1.165, 1.54) is 7.11 Å². The molecular formula is C63H89N5O19. The van der Waals surface area contributed by atoms with Crippen molar-refractivity contribution in [3.05, 3.63) is 144 Å². The number of rotatable bonds is 35. The number of hydrogen-bond acceptors (Lipinski definition) is 21. The van der Waals surface area contributed by atoms with Gasteiger partial charge in [-0.05, 0) is 20.8 Å². The fourth-order valence-electron chi connectivity index (χ4n) is 6.60. The molecule has 0 atom stereocenters. The molecule has 0 bridgehead atoms. The summed E-state index contributed by atoms with van der Waals surface area (Å²) in [5.74, 6) is -3.43. The molecule has 1 aliphatic rings. The maximum absolute atomic E-state index is 11.5. The molecular weight excluding hydrogens is 1130 g/mol. The number of aliphatic hydroxyl groups is 1. The maximum atomic E-state index is 11.5. The van der Waals surface area contributed by atoms with Crippen molar-refractivity contribution in [1.82, 2.24) is 10.4 Å². The van der Waals surface area contributed by atoms with Gasteiger partial charge in [0.05, 0.1) is 111 Å². The quantitative estimate of drug-likeness (QED) is 0.0199. The van der Waals surface area contributed by atoms with Crippen molar-refractivity contribution in [3.63, 3.8) is 0 Å². The first kappa shape index (κ1) is 77.4. The monoisotopic (exact) mass is 1220 g/mol. The van der Waals surface area contributed by atoms with Gasteiger partial charge >= 0.3 is 23.9 Å². The molecule has 0 aromatic heterocycles. The van der Waals surface area contributed by atoms with Gasteiger partial charge < -0.3 is 68.7 Å². The minimum Gasteiger partial charge on any atom is -0.480 e. The Morgan fingerprint density at radius 2 is 0.920 bits per heavy atom. The third-order valence-corrected chi connectivity index (χ3v) is 10.5. The van der Waals surface area contributed by atoms with Crippen LogP contribution in [0.1, 0.15) is 82.6 Å². The molecule has 4 aromatic carbocycles. The van der Waals surface area contributed by atoms with E-state index in [4.69, 9.17) is 54.1 Å². The summed E-state index contributed by atoms with van der Waals surface area (Å²) < 4.78 is 45.3. The molecule has 1 aliphatic heterocycles. The average molecular weight is 1220 g/mol. The van der Waals surface area contributed by atoms with E-state index in [1.807, 2.05) is 93.6 Å². The predicted octanol–water partition coefficient (Wildman–Crippen LogP) is 5.22. The smallest absolute Gasteiger partial charge is 0.358 e. The number of ether oxygens (including phenoxy) is 9. The maximum Gasteiger partial charge on any atom is 0.358 e. The van der Waals surface area contributed by atoms with Crippen LogP contribution in [0.15, 0.2) is 131 Å². The van der Waals surface area contributed by atoms with Gasteiger partial charge in [0.2, 0.25) is 5.91 Å². The third-order valence-electron chi connectivity index (χ3n) is 10.5. The molecule has 24 heteroatoms. The third kappa shape index (κ3) is 41.2. The number of carbonyl (C=O) groups excluding carboxylic acids is 6. The van der Waals surface area contributed by atoms with Crippen LogP contribution in [0, 0.1) is 0 Å². The Balaban J connectivity index is 0.000000581. The SMILES string of the molecule is CC(C)(C)OC(=O)COCCOCCN=C(c1ccccc1)c1ccccc1.CCC(=O)NCCOCCOCC(=O)ON1C(=O)CCC1=O.CCC(=O)OC.NCCOCCOCC(=O)O.OCCOCCN=C(c1ccccc1)c1ccccc1. The molecule has 0 unspecified atom stereocenters. The van der Waals surface area contributed by atoms with Crippen molar-refractivity contribution in [2.24, 2.45) is 15.7 Å². The molecule has 0 spiro atoms. The molecule has 1 heterocycles. The number of nitrogens with two attached hydrogens (primary N) is 1. The van der Waals surface area contributed by atoms with Gasteiger partial charge in [-0.15, -0.1) is 5.06 Å². The summed E-state index contributed by atoms with van der Waals surface area (Å²) in [7, 11) is 1.38. The molecule has 24 nitrogen and oxygen atoms in total. The van der Waals surface area contributed by atoms with Crippen LogP contribution in [0.2, 0.25) is 0 Å². The van der Waals surface area contributed by atoms with Crippen molar-refractivity contribution >= 4 is 53.0 Å². The number of hydroxylamine groups is 2. The van der Waals surface area contributed by atoms with Crippen LogP contribution >= 0.6 is 0 Å². The van der Waals surface area contributed by atoms with Crippen molar-refractivity contribution < 1.29 is 91.2 Å². The molecule has 3 amide bonds. The van der Waals surface area contributed by atoms with Gasteiger partial charge in [-0.2, -0.15) is 0 Å². The van der Waals surface area contributed by atoms with Gasteiger partial charge in [0, 0.05) is 61.0 Å². The Hall–Kier alpha value is -7.65. The Labute approximate surface area is 510 Å². The van der Waals surface area contributed by atoms with Crippen LogP contribution in [-0.2, 0) is 81.0 Å². The average Bonchev–Trinajstić information content (AvgIpc) is 4.03. The summed E-state index contributed by atoms with van der Waals surface area (Å²) in [5.41, 5.74) is 10.9. The van der Waals surface area contributed by atoms with E-state index in [1.54, 1.807) is 13.8 Å². The van der Waals surface area contributed by atoms with Crippen molar-refractivity contribution in [1.29, 1.82) is 0 Å². The van der Waals surface area contributed by atoms with Crippen molar-refractivity contribution in [2.45, 2.75) is 65.9 Å². The molecule has 1 fully saturated rings. The van der Waals surface area contributed by atoms with Crippen molar-refractivity contribution in [2.75, 3.05) is 132 Å². The highest BCUT2D eigenvalue weighted by molar-refractivity contribution is 6.13. The van der Waals surface area contributed by atoms with Gasteiger partial charge in [-0.25, -0.2) is 14.4 Å². The van der Waals surface area contributed by atoms with E-state index in [2.05, 4.69) is 73.2 Å². The van der Waals surface area contributed by atoms with E-state index in [0.717, 1.165) is 33.7 Å². The second-order valence-corrected chi connectivity index (χ2v) is 18.7. The number of benzene rings is 4. The molecule has 0 aliphatic carbocycles. The molecule has 1 saturated heterocycles. The highest BCUT2D eigenvalue weighted by Gasteiger charge is 2.32. The predicted molar refractivity (Wildman–Crippen MR) is 325 cm³/mol. The Morgan fingerprint density at radius 1 is 0.529 bits per heavy atom. The first-order valence-electron chi connectivity index (χ1n) is 28.5. The van der Waals surface area contributed by atoms with E-state index in [9.17, 15) is 33.6 Å². The lowest BCUT2D eigenvalue weighted by Crippen LogP contribution is -2.33. The summed E-state index contributed by atoms with van der Waals surface area (Å²) in [6.45, 7) is 14.4. The summed E-state index contributed by atoms with van der Waals surface area (Å²) >= 11 is 0. The second kappa shape index (κ2) is 50.5. The highest BCUT2D eigenvalue weighted by Crippen LogP contribution is 2.14. The fourth-order valence-corrected chi connectivity index (χ4v) is 6.60. The van der Waals surface area contributed by atoms with E-state index >= 15 is 0 Å². The zero-order chi connectivity index (χ0) is 64.2. The normalized spacial score (nSPS) is 11.3. The lowest BCUT2D eigenvalue weighted by Gasteiger charge is -2.19. The Morgan fingerprint density at radius 3 is 1.29 bits per heavy atom. The Bertz CT molecular complexity index is 2450. The van der Waals surface area contributed by atoms with Crippen LogP contribution in [0.25, 0.3) is 0 Å². The number of hydrogen-bond donors (Lipinski definition) is 4. The molecule has 5 N–H and O–H groups in total. The zero-order valence-electron chi connectivity index (χ0n) is 51.1. The zero-order valence-corrected chi connectivity index (χ0v) is 51.1. The van der Waals surface area contributed by atoms with Crippen LogP contribution in [0.3, 0.4) is 0 Å². The summed E-state index contributed by atoms with van der Waals surface area (Å²) in [5, 5.41) is 19.9. The topological polar surface area (TPSA) is 318 Å². The second-order valence-electron chi connectivity index (χ2n) is 18.7. The highest BCUT2D eigenvalue weighted by atomic mass is 16.7. The molecule has 0 saturated carbocycles. The number of aliphatic hydroxyl groups excluding tert-OH is 1. The van der Waals surface area contributed by atoms with E-state index in [0.29, 0.717) is 104 Å². The largest absolute Gasteiger partial charge is 0.480 e. The first-order valence-corrected chi connectivity index (χ1v) is 28.5. The summed E-state index contributed by atoms with van der Waals surface area (Å²) in [4.78, 5) is 90.0. The molecule has 87 heavy (non-hydrogen) atoms. The first-order chi connectivity index (χ1) is 42.0. The number of carboxylic acids is 1. The molecule has 4 aromatic rings. The van der Waals surface area contributed by atoms with Gasteiger partial charge in [-0.1, -0.05) is 135 Å². The van der Waals surface area contributed by atoms with Crippen LogP contribution in [0.4, 0.5) is 0 Å². The minimum atomic E-state index is -0.969. The van der Waals surface area contributed by atoms with Gasteiger partial charge in [-0.3, -0.25) is 29.2 Å². The van der Waals surface area contributed by atoms with Crippen molar-refractivity contribution in [3.8, 4) is 0 Å². The summed E-state index contributed by atoms with van der Waals surface area (Å²) in [6.07, 6.45) is 0.995. The number of carboxylic acid groups (broad SMARTS) is 1. The number of amides is 3. The lowest BCUT2D eigenvalue weighted by molar-refractivity contribution is -0.200. The lowest BCUT2D eigenvalue weighted by atomic mass is 10.0. The van der Waals surface area contributed by atoms with Crippen LogP contribution < -0.4 is 11.1 Å². The number of imide groups is 1. The van der Waals surface area contributed by atoms with E-state index < -0.39 is 29.4 Å². The number of aliphatic carboxylic acids is 1. The van der Waals surface area contributed by atoms with E-state index in [-0.39, 0.29) is 70.3 Å². The number of aliphatic imine (C=N–C) groups is 2.